The summed E-state index contributed by atoms with van der Waals surface area (Å²) in [5.41, 5.74) is 5.67. The highest BCUT2D eigenvalue weighted by Crippen LogP contribution is 2.31. The van der Waals surface area contributed by atoms with E-state index in [-0.39, 0.29) is 11.3 Å². The minimum Gasteiger partial charge on any atom is -0.342 e. The highest BCUT2D eigenvalue weighted by Gasteiger charge is 2.36. The third-order valence-corrected chi connectivity index (χ3v) is 4.29. The summed E-state index contributed by atoms with van der Waals surface area (Å²) in [5, 5.41) is 0. The Morgan fingerprint density at radius 1 is 1.41 bits per heavy atom. The van der Waals surface area contributed by atoms with E-state index in [9.17, 15) is 4.79 Å². The van der Waals surface area contributed by atoms with Gasteiger partial charge in [0.05, 0.1) is 0 Å². The maximum absolute atomic E-state index is 12.4. The van der Waals surface area contributed by atoms with Gasteiger partial charge in [0.15, 0.2) is 0 Å². The highest BCUT2D eigenvalue weighted by molar-refractivity contribution is 5.79. The van der Waals surface area contributed by atoms with Gasteiger partial charge in [0.25, 0.3) is 0 Å². The second-order valence-corrected chi connectivity index (χ2v) is 6.65. The molecule has 3 heteroatoms. The molecule has 17 heavy (non-hydrogen) atoms. The molecule has 1 saturated heterocycles. The van der Waals surface area contributed by atoms with Crippen LogP contribution in [0.25, 0.3) is 0 Å². The largest absolute Gasteiger partial charge is 0.342 e. The highest BCUT2D eigenvalue weighted by atomic mass is 16.2. The number of nitrogens with zero attached hydrogens (tertiary/aromatic N) is 1. The summed E-state index contributed by atoms with van der Waals surface area (Å²) in [4.78, 5) is 14.4. The van der Waals surface area contributed by atoms with Crippen LogP contribution in [0.4, 0.5) is 0 Å². The number of carbonyl (C=O) groups is 1. The van der Waals surface area contributed by atoms with Crippen LogP contribution in [0.15, 0.2) is 0 Å². The van der Waals surface area contributed by atoms with E-state index < -0.39 is 0 Å². The topological polar surface area (TPSA) is 46.3 Å². The zero-order valence-corrected chi connectivity index (χ0v) is 12.0. The van der Waals surface area contributed by atoms with Crippen molar-refractivity contribution in [1.82, 2.24) is 4.90 Å². The lowest BCUT2D eigenvalue weighted by Crippen LogP contribution is -2.38. The molecule has 2 N–H and O–H groups in total. The lowest BCUT2D eigenvalue weighted by Gasteiger charge is -2.30. The smallest absolute Gasteiger partial charge is 0.225 e. The van der Waals surface area contributed by atoms with E-state index in [1.165, 1.54) is 0 Å². The van der Waals surface area contributed by atoms with Crippen molar-refractivity contribution < 1.29 is 4.79 Å². The number of amides is 1. The van der Waals surface area contributed by atoms with Crippen molar-refractivity contribution in [3.8, 4) is 0 Å². The minimum absolute atomic E-state index is 0.0479. The summed E-state index contributed by atoms with van der Waals surface area (Å²) < 4.78 is 0. The SMILES string of the molecule is CC(C(=O)N1C[C@@H](CCN)[C@H](C)C1)C(C)(C)C. The number of rotatable bonds is 3. The van der Waals surface area contributed by atoms with E-state index in [2.05, 4.69) is 27.7 Å². The van der Waals surface area contributed by atoms with Crippen molar-refractivity contribution in [1.29, 1.82) is 0 Å². The van der Waals surface area contributed by atoms with E-state index in [1.54, 1.807) is 0 Å². The standard InChI is InChI=1S/C14H28N2O/c1-10-8-16(9-12(10)6-7-15)13(17)11(2)14(3,4)5/h10-12H,6-9,15H2,1-5H3/t10-,11?,12-/m1/s1. The van der Waals surface area contributed by atoms with Gasteiger partial charge >= 0.3 is 0 Å². The number of carbonyl (C=O) groups excluding carboxylic acids is 1. The molecule has 1 aliphatic heterocycles. The Bertz CT molecular complexity index is 270. The average Bonchev–Trinajstić information content (AvgIpc) is 2.57. The third kappa shape index (κ3) is 3.44. The molecule has 100 valence electrons. The van der Waals surface area contributed by atoms with Crippen LogP contribution in [-0.2, 0) is 4.79 Å². The monoisotopic (exact) mass is 240 g/mol. The van der Waals surface area contributed by atoms with Gasteiger partial charge in [-0.25, -0.2) is 0 Å². The fourth-order valence-corrected chi connectivity index (χ4v) is 2.45. The molecule has 1 amide bonds. The summed E-state index contributed by atoms with van der Waals surface area (Å²) in [5.74, 6) is 1.58. The second-order valence-electron chi connectivity index (χ2n) is 6.65. The van der Waals surface area contributed by atoms with E-state index in [4.69, 9.17) is 5.73 Å². The van der Waals surface area contributed by atoms with Gasteiger partial charge < -0.3 is 10.6 Å². The molecule has 0 aromatic carbocycles. The van der Waals surface area contributed by atoms with Crippen LogP contribution >= 0.6 is 0 Å². The van der Waals surface area contributed by atoms with Gasteiger partial charge in [0.2, 0.25) is 5.91 Å². The zero-order chi connectivity index (χ0) is 13.2. The number of nitrogens with two attached hydrogens (primary N) is 1. The Labute approximate surface area is 106 Å². The van der Waals surface area contributed by atoms with Crippen molar-refractivity contribution in [2.45, 2.75) is 41.0 Å². The molecule has 0 aromatic rings. The molecule has 0 radical (unpaired) electrons. The summed E-state index contributed by atoms with van der Waals surface area (Å²) in [6.45, 7) is 13.2. The van der Waals surface area contributed by atoms with Gasteiger partial charge in [-0.2, -0.15) is 0 Å². The van der Waals surface area contributed by atoms with Crippen LogP contribution in [0, 0.1) is 23.2 Å². The zero-order valence-electron chi connectivity index (χ0n) is 12.0. The normalized spacial score (nSPS) is 27.3. The summed E-state index contributed by atoms with van der Waals surface area (Å²) in [6.07, 6.45) is 1.04. The van der Waals surface area contributed by atoms with Crippen LogP contribution < -0.4 is 5.73 Å². The summed E-state index contributed by atoms with van der Waals surface area (Å²) in [7, 11) is 0. The van der Waals surface area contributed by atoms with Gasteiger partial charge in [-0.3, -0.25) is 4.79 Å². The van der Waals surface area contributed by atoms with Crippen molar-refractivity contribution >= 4 is 5.91 Å². The lowest BCUT2D eigenvalue weighted by atomic mass is 9.81. The van der Waals surface area contributed by atoms with Crippen molar-refractivity contribution in [2.24, 2.45) is 28.9 Å². The van der Waals surface area contributed by atoms with Crippen LogP contribution in [-0.4, -0.2) is 30.4 Å². The first-order valence-electron chi connectivity index (χ1n) is 6.76. The first kappa shape index (κ1) is 14.5. The molecule has 1 unspecified atom stereocenters. The third-order valence-electron chi connectivity index (χ3n) is 4.29. The molecule has 1 fully saturated rings. The van der Waals surface area contributed by atoms with E-state index in [0.29, 0.717) is 17.7 Å². The molecule has 0 aromatic heterocycles. The fourth-order valence-electron chi connectivity index (χ4n) is 2.45. The second kappa shape index (κ2) is 5.38. The number of likely N-dealkylation sites (tertiary alicyclic amines) is 1. The Morgan fingerprint density at radius 2 is 2.00 bits per heavy atom. The van der Waals surface area contributed by atoms with Crippen molar-refractivity contribution in [3.05, 3.63) is 0 Å². The maximum Gasteiger partial charge on any atom is 0.225 e. The number of hydrogen-bond donors (Lipinski definition) is 1. The summed E-state index contributed by atoms with van der Waals surface area (Å²) >= 11 is 0. The van der Waals surface area contributed by atoms with Crippen LogP contribution in [0.1, 0.15) is 41.0 Å². The lowest BCUT2D eigenvalue weighted by molar-refractivity contribution is -0.137. The fraction of sp³-hybridized carbons (Fsp3) is 0.929. The molecule has 1 heterocycles. The average molecular weight is 240 g/mol. The van der Waals surface area contributed by atoms with Crippen molar-refractivity contribution in [2.75, 3.05) is 19.6 Å². The predicted molar refractivity (Wildman–Crippen MR) is 71.5 cm³/mol. The van der Waals surface area contributed by atoms with Gasteiger partial charge in [-0.1, -0.05) is 34.6 Å². The van der Waals surface area contributed by atoms with Crippen molar-refractivity contribution in [3.63, 3.8) is 0 Å². The minimum atomic E-state index is 0.0479. The predicted octanol–water partition coefficient (Wildman–Crippen LogP) is 2.11. The van der Waals surface area contributed by atoms with Gasteiger partial charge in [-0.05, 0) is 30.2 Å². The molecule has 0 spiro atoms. The molecule has 0 saturated carbocycles. The first-order chi connectivity index (χ1) is 7.77. The Balaban J connectivity index is 2.61. The molecule has 0 bridgehead atoms. The maximum atomic E-state index is 12.4. The molecule has 0 aliphatic carbocycles. The van der Waals surface area contributed by atoms with Gasteiger partial charge in [0.1, 0.15) is 0 Å². The molecule has 1 aliphatic rings. The molecule has 1 rings (SSSR count). The van der Waals surface area contributed by atoms with Gasteiger partial charge in [0, 0.05) is 19.0 Å². The Hall–Kier alpha value is -0.570. The van der Waals surface area contributed by atoms with Crippen LogP contribution in [0.3, 0.4) is 0 Å². The first-order valence-corrected chi connectivity index (χ1v) is 6.76. The molecule has 3 nitrogen and oxygen atoms in total. The van der Waals surface area contributed by atoms with E-state index in [0.717, 1.165) is 26.1 Å². The van der Waals surface area contributed by atoms with E-state index >= 15 is 0 Å². The quantitative estimate of drug-likeness (QED) is 0.821. The molecule has 3 atom stereocenters. The molecular formula is C14H28N2O. The van der Waals surface area contributed by atoms with E-state index in [1.807, 2.05) is 11.8 Å². The van der Waals surface area contributed by atoms with Crippen LogP contribution in [0.2, 0.25) is 0 Å². The Morgan fingerprint density at radius 3 is 2.47 bits per heavy atom. The Kier molecular flexibility index (Phi) is 4.59. The van der Waals surface area contributed by atoms with Crippen LogP contribution in [0.5, 0.6) is 0 Å². The molecular weight excluding hydrogens is 212 g/mol. The summed E-state index contributed by atoms with van der Waals surface area (Å²) in [6, 6.07) is 0. The van der Waals surface area contributed by atoms with Gasteiger partial charge in [-0.15, -0.1) is 0 Å². The number of hydrogen-bond acceptors (Lipinski definition) is 2.